The molecule has 0 aliphatic carbocycles. The van der Waals surface area contributed by atoms with Crippen LogP contribution in [-0.2, 0) is 16.0 Å². The van der Waals surface area contributed by atoms with E-state index in [4.69, 9.17) is 0 Å². The van der Waals surface area contributed by atoms with Crippen LogP contribution in [0.5, 0.6) is 0 Å². The number of carbonyl (C=O) groups excluding carboxylic acids is 2. The molecule has 3 heterocycles. The molecule has 1 aromatic carbocycles. The summed E-state index contributed by atoms with van der Waals surface area (Å²) < 4.78 is 0. The first-order valence-electron chi connectivity index (χ1n) is 12.1. The van der Waals surface area contributed by atoms with Gasteiger partial charge in [0.15, 0.2) is 0 Å². The van der Waals surface area contributed by atoms with Crippen LogP contribution in [0.25, 0.3) is 0 Å². The van der Waals surface area contributed by atoms with E-state index in [1.54, 1.807) is 7.05 Å². The zero-order valence-corrected chi connectivity index (χ0v) is 19.1. The second-order valence-electron chi connectivity index (χ2n) is 9.64. The molecule has 0 radical (unpaired) electrons. The van der Waals surface area contributed by atoms with Crippen molar-refractivity contribution in [3.8, 4) is 0 Å². The Hall–Kier alpha value is -1.92. The summed E-state index contributed by atoms with van der Waals surface area (Å²) in [5.74, 6) is 0.684. The van der Waals surface area contributed by atoms with E-state index >= 15 is 0 Å². The minimum Gasteiger partial charge on any atom is -0.343 e. The lowest BCUT2D eigenvalue weighted by atomic mass is 9.90. The zero-order chi connectivity index (χ0) is 21.8. The zero-order valence-electron chi connectivity index (χ0n) is 19.1. The number of hydrogen-bond donors (Lipinski definition) is 2. The molecule has 0 unspecified atom stereocenters. The first-order chi connectivity index (χ1) is 15.1. The number of rotatable bonds is 7. The van der Waals surface area contributed by atoms with E-state index in [-0.39, 0.29) is 23.9 Å². The van der Waals surface area contributed by atoms with Crippen LogP contribution in [0.15, 0.2) is 30.3 Å². The number of likely N-dealkylation sites (N-methyl/N-ethyl adjacent to an activating group) is 1. The quantitative estimate of drug-likeness (QED) is 0.702. The molecule has 1 aromatic rings. The van der Waals surface area contributed by atoms with Gasteiger partial charge in [-0.2, -0.15) is 0 Å². The fourth-order valence-electron chi connectivity index (χ4n) is 5.75. The van der Waals surface area contributed by atoms with Crippen molar-refractivity contribution in [1.82, 2.24) is 20.4 Å². The average molecular weight is 427 g/mol. The van der Waals surface area contributed by atoms with Gasteiger partial charge < -0.3 is 20.4 Å². The lowest BCUT2D eigenvalue weighted by Crippen LogP contribution is -2.57. The molecule has 6 nitrogen and oxygen atoms in total. The first-order valence-corrected chi connectivity index (χ1v) is 12.1. The fraction of sp³-hybridized carbons (Fsp3) is 0.680. The SMILES string of the molecule is CN[C@@H](C)C(=O)N[C@H]1CCC[C@H]2C[C@H]3CCN(CCCc4ccccc4)C[C@H]3N2C1=O. The maximum Gasteiger partial charge on any atom is 0.245 e. The van der Waals surface area contributed by atoms with Crippen LogP contribution in [0.1, 0.15) is 51.0 Å². The van der Waals surface area contributed by atoms with E-state index in [2.05, 4.69) is 50.8 Å². The Bertz CT molecular complexity index is 755. The van der Waals surface area contributed by atoms with Crippen molar-refractivity contribution >= 4 is 11.8 Å². The van der Waals surface area contributed by atoms with E-state index in [0.717, 1.165) is 58.2 Å². The summed E-state index contributed by atoms with van der Waals surface area (Å²) in [6, 6.07) is 10.7. The summed E-state index contributed by atoms with van der Waals surface area (Å²) in [5.41, 5.74) is 1.40. The van der Waals surface area contributed by atoms with Gasteiger partial charge in [-0.3, -0.25) is 9.59 Å². The molecule has 0 spiro atoms. The highest BCUT2D eigenvalue weighted by molar-refractivity contribution is 5.90. The Balaban J connectivity index is 1.36. The lowest BCUT2D eigenvalue weighted by Gasteiger charge is -2.40. The van der Waals surface area contributed by atoms with Gasteiger partial charge in [0.2, 0.25) is 11.8 Å². The summed E-state index contributed by atoms with van der Waals surface area (Å²) in [7, 11) is 1.77. The molecular weight excluding hydrogens is 388 g/mol. The highest BCUT2D eigenvalue weighted by Crippen LogP contribution is 2.39. The molecule has 170 valence electrons. The molecule has 3 aliphatic rings. The third-order valence-electron chi connectivity index (χ3n) is 7.64. The van der Waals surface area contributed by atoms with E-state index in [9.17, 15) is 9.59 Å². The minimum absolute atomic E-state index is 0.0822. The summed E-state index contributed by atoms with van der Waals surface area (Å²) in [4.78, 5) is 30.7. The highest BCUT2D eigenvalue weighted by atomic mass is 16.2. The molecule has 3 fully saturated rings. The molecule has 5 atom stereocenters. The predicted molar refractivity (Wildman–Crippen MR) is 123 cm³/mol. The van der Waals surface area contributed by atoms with E-state index in [1.807, 2.05) is 6.92 Å². The molecule has 0 aromatic heterocycles. The summed E-state index contributed by atoms with van der Waals surface area (Å²) in [6.45, 7) is 5.05. The normalized spacial score (nSPS) is 29.7. The third-order valence-corrected chi connectivity index (χ3v) is 7.64. The van der Waals surface area contributed by atoms with E-state index in [1.165, 1.54) is 12.0 Å². The number of nitrogens with zero attached hydrogens (tertiary/aromatic N) is 2. The summed E-state index contributed by atoms with van der Waals surface area (Å²) in [6.07, 6.45) is 7.42. The molecule has 31 heavy (non-hydrogen) atoms. The van der Waals surface area contributed by atoms with Crippen molar-refractivity contribution in [2.45, 2.75) is 76.0 Å². The van der Waals surface area contributed by atoms with Crippen LogP contribution in [0.3, 0.4) is 0 Å². The molecule has 3 aliphatic heterocycles. The van der Waals surface area contributed by atoms with Crippen molar-refractivity contribution in [1.29, 1.82) is 0 Å². The second-order valence-corrected chi connectivity index (χ2v) is 9.64. The number of fused-ring (bicyclic) bond motifs is 3. The Morgan fingerprint density at radius 1 is 1.19 bits per heavy atom. The van der Waals surface area contributed by atoms with Crippen LogP contribution in [0, 0.1) is 5.92 Å². The molecular formula is C25H38N4O2. The van der Waals surface area contributed by atoms with Gasteiger partial charge in [-0.15, -0.1) is 0 Å². The molecule has 4 rings (SSSR count). The van der Waals surface area contributed by atoms with Gasteiger partial charge in [-0.1, -0.05) is 30.3 Å². The Kier molecular flexibility index (Phi) is 7.28. The van der Waals surface area contributed by atoms with Gasteiger partial charge in [-0.05, 0) is 83.5 Å². The van der Waals surface area contributed by atoms with Gasteiger partial charge in [0, 0.05) is 18.6 Å². The van der Waals surface area contributed by atoms with Crippen molar-refractivity contribution in [3.05, 3.63) is 35.9 Å². The number of piperidine rings is 1. The second kappa shape index (κ2) is 10.1. The maximum atomic E-state index is 13.5. The molecule has 2 N–H and O–H groups in total. The number of hydrogen-bond acceptors (Lipinski definition) is 4. The average Bonchev–Trinajstić information content (AvgIpc) is 3.07. The van der Waals surface area contributed by atoms with Crippen LogP contribution in [0.4, 0.5) is 0 Å². The Morgan fingerprint density at radius 3 is 2.77 bits per heavy atom. The standard InChI is InChI=1S/C25H38N4O2/c1-18(26-2)24(30)27-22-12-6-11-21-16-20-13-15-28(17-23(20)29(21)25(22)31)14-7-10-19-8-4-3-5-9-19/h3-5,8-9,18,20-23,26H,6-7,10-17H2,1-2H3,(H,27,30)/t18-,20+,21-,22-,23+/m0/s1. The van der Waals surface area contributed by atoms with Gasteiger partial charge in [-0.25, -0.2) is 0 Å². The largest absolute Gasteiger partial charge is 0.343 e. The molecule has 2 amide bonds. The molecule has 6 heteroatoms. The van der Waals surface area contributed by atoms with Gasteiger partial charge in [0.1, 0.15) is 6.04 Å². The topological polar surface area (TPSA) is 64.7 Å². The molecule has 0 saturated carbocycles. The van der Waals surface area contributed by atoms with Crippen LogP contribution in [0.2, 0.25) is 0 Å². The number of amides is 2. The van der Waals surface area contributed by atoms with E-state index in [0.29, 0.717) is 18.0 Å². The van der Waals surface area contributed by atoms with Crippen LogP contribution < -0.4 is 10.6 Å². The smallest absolute Gasteiger partial charge is 0.245 e. The van der Waals surface area contributed by atoms with E-state index < -0.39 is 0 Å². The molecule has 0 bridgehead atoms. The fourth-order valence-corrected chi connectivity index (χ4v) is 5.75. The minimum atomic E-state index is -0.375. The monoisotopic (exact) mass is 426 g/mol. The van der Waals surface area contributed by atoms with Crippen molar-refractivity contribution in [3.63, 3.8) is 0 Å². The van der Waals surface area contributed by atoms with Crippen molar-refractivity contribution < 1.29 is 9.59 Å². The predicted octanol–water partition coefficient (Wildman–Crippen LogP) is 2.19. The van der Waals surface area contributed by atoms with Gasteiger partial charge >= 0.3 is 0 Å². The number of aryl methyl sites for hydroxylation is 1. The van der Waals surface area contributed by atoms with Gasteiger partial charge in [0.05, 0.1) is 6.04 Å². The lowest BCUT2D eigenvalue weighted by molar-refractivity contribution is -0.139. The maximum absolute atomic E-state index is 13.5. The molecule has 3 saturated heterocycles. The number of nitrogens with one attached hydrogen (secondary N) is 2. The number of likely N-dealkylation sites (tertiary alicyclic amines) is 1. The van der Waals surface area contributed by atoms with Crippen molar-refractivity contribution in [2.75, 3.05) is 26.7 Å². The highest BCUT2D eigenvalue weighted by Gasteiger charge is 2.48. The Morgan fingerprint density at radius 2 is 2.00 bits per heavy atom. The van der Waals surface area contributed by atoms with Crippen LogP contribution >= 0.6 is 0 Å². The summed E-state index contributed by atoms with van der Waals surface area (Å²) in [5, 5.41) is 5.99. The Labute approximate surface area is 186 Å². The third kappa shape index (κ3) is 5.12. The first kappa shape index (κ1) is 22.3. The van der Waals surface area contributed by atoms with Crippen molar-refractivity contribution in [2.24, 2.45) is 5.92 Å². The van der Waals surface area contributed by atoms with Gasteiger partial charge in [0.25, 0.3) is 0 Å². The van der Waals surface area contributed by atoms with Crippen LogP contribution in [-0.4, -0.2) is 72.5 Å². The summed E-state index contributed by atoms with van der Waals surface area (Å²) >= 11 is 0. The number of benzene rings is 1. The number of carbonyl (C=O) groups is 2.